The summed E-state index contributed by atoms with van der Waals surface area (Å²) >= 11 is 11.9. The average molecular weight is 290 g/mol. The number of aliphatic hydroxyl groups is 1. The highest BCUT2D eigenvalue weighted by molar-refractivity contribution is 6.37. The molecule has 1 saturated carbocycles. The Labute approximate surface area is 116 Å². The van der Waals surface area contributed by atoms with Crippen LogP contribution in [0.15, 0.2) is 6.07 Å². The van der Waals surface area contributed by atoms with Crippen LogP contribution >= 0.6 is 23.2 Å². The number of rotatable bonds is 3. The normalized spacial score (nSPS) is 23.9. The van der Waals surface area contributed by atoms with Crippen molar-refractivity contribution in [3.63, 3.8) is 0 Å². The number of nitrogen functional groups attached to an aromatic ring is 1. The summed E-state index contributed by atoms with van der Waals surface area (Å²) < 4.78 is 0. The number of hydrogen-bond donors (Lipinski definition) is 3. The zero-order valence-electron chi connectivity index (χ0n) is 10.00. The van der Waals surface area contributed by atoms with E-state index in [2.05, 4.69) is 10.3 Å². The van der Waals surface area contributed by atoms with Gasteiger partial charge in [0, 0.05) is 12.6 Å². The third-order valence-corrected chi connectivity index (χ3v) is 3.93. The Morgan fingerprint density at radius 1 is 1.39 bits per heavy atom. The van der Waals surface area contributed by atoms with Gasteiger partial charge in [0.15, 0.2) is 0 Å². The van der Waals surface area contributed by atoms with Gasteiger partial charge in [-0.1, -0.05) is 29.6 Å². The molecule has 1 aliphatic rings. The van der Waals surface area contributed by atoms with Crippen LogP contribution in [-0.4, -0.2) is 22.7 Å². The van der Waals surface area contributed by atoms with Crippen molar-refractivity contribution >= 4 is 34.8 Å². The Hall–Kier alpha value is -0.710. The summed E-state index contributed by atoms with van der Waals surface area (Å²) in [5.74, 6) is 1.21. The van der Waals surface area contributed by atoms with Crippen molar-refractivity contribution in [2.45, 2.75) is 31.7 Å². The van der Waals surface area contributed by atoms with E-state index in [9.17, 15) is 5.11 Å². The van der Waals surface area contributed by atoms with Gasteiger partial charge in [0.1, 0.15) is 11.6 Å². The molecule has 4 N–H and O–H groups in total. The topological polar surface area (TPSA) is 71.2 Å². The van der Waals surface area contributed by atoms with Gasteiger partial charge >= 0.3 is 0 Å². The molecule has 0 saturated heterocycles. The van der Waals surface area contributed by atoms with E-state index in [0.717, 1.165) is 25.7 Å². The number of halogens is 2. The van der Waals surface area contributed by atoms with Gasteiger partial charge < -0.3 is 16.2 Å². The molecule has 2 atom stereocenters. The second-order valence-corrected chi connectivity index (χ2v) is 5.56. The Morgan fingerprint density at radius 2 is 2.17 bits per heavy atom. The summed E-state index contributed by atoms with van der Waals surface area (Å²) in [6.45, 7) is 0.238. The molecule has 1 aromatic rings. The van der Waals surface area contributed by atoms with Crippen molar-refractivity contribution in [1.82, 2.24) is 4.98 Å². The number of aromatic nitrogens is 1. The van der Waals surface area contributed by atoms with E-state index < -0.39 is 0 Å². The van der Waals surface area contributed by atoms with Gasteiger partial charge in [-0.2, -0.15) is 0 Å². The van der Waals surface area contributed by atoms with Gasteiger partial charge in [-0.05, 0) is 31.2 Å². The second kappa shape index (κ2) is 5.95. The standard InChI is InChI=1S/C12H17Cl2N3O/c13-9-5-10(14)12(17-11(9)15)16-8-3-1-2-7(4-8)6-18/h5,7-8,18H,1-4,6H2,(H3,15,16,17). The Balaban J connectivity index is 2.07. The smallest absolute Gasteiger partial charge is 0.147 e. The molecule has 1 fully saturated rings. The van der Waals surface area contributed by atoms with Crippen LogP contribution < -0.4 is 11.1 Å². The lowest BCUT2D eigenvalue weighted by atomic mass is 9.86. The summed E-state index contributed by atoms with van der Waals surface area (Å²) in [7, 11) is 0. The number of nitrogens with two attached hydrogens (primary N) is 1. The van der Waals surface area contributed by atoms with Gasteiger partial charge in [-0.25, -0.2) is 4.98 Å². The molecule has 0 bridgehead atoms. The Kier molecular flexibility index (Phi) is 4.54. The second-order valence-electron chi connectivity index (χ2n) is 4.74. The molecule has 4 nitrogen and oxygen atoms in total. The van der Waals surface area contributed by atoms with Crippen molar-refractivity contribution in [2.75, 3.05) is 17.7 Å². The van der Waals surface area contributed by atoms with Gasteiger partial charge in [-0.15, -0.1) is 0 Å². The number of hydrogen-bond acceptors (Lipinski definition) is 4. The number of nitrogens with one attached hydrogen (secondary N) is 1. The number of aliphatic hydroxyl groups excluding tert-OH is 1. The third kappa shape index (κ3) is 3.19. The number of nitrogens with zero attached hydrogens (tertiary/aromatic N) is 1. The molecule has 2 unspecified atom stereocenters. The highest BCUT2D eigenvalue weighted by atomic mass is 35.5. The van der Waals surface area contributed by atoms with Crippen LogP contribution in [0, 0.1) is 5.92 Å². The number of anilines is 2. The van der Waals surface area contributed by atoms with Gasteiger partial charge in [0.25, 0.3) is 0 Å². The first-order valence-corrected chi connectivity index (χ1v) is 6.84. The first-order valence-electron chi connectivity index (χ1n) is 6.09. The van der Waals surface area contributed by atoms with E-state index in [0.29, 0.717) is 21.8 Å². The van der Waals surface area contributed by atoms with E-state index in [-0.39, 0.29) is 18.5 Å². The summed E-state index contributed by atoms with van der Waals surface area (Å²) in [6.07, 6.45) is 4.16. The lowest BCUT2D eigenvalue weighted by Crippen LogP contribution is -2.29. The maximum Gasteiger partial charge on any atom is 0.147 e. The van der Waals surface area contributed by atoms with Gasteiger partial charge in [0.2, 0.25) is 0 Å². The molecule has 0 spiro atoms. The Morgan fingerprint density at radius 3 is 2.89 bits per heavy atom. The molecule has 18 heavy (non-hydrogen) atoms. The molecule has 0 aromatic carbocycles. The first kappa shape index (κ1) is 13.7. The lowest BCUT2D eigenvalue weighted by molar-refractivity contribution is 0.184. The minimum Gasteiger partial charge on any atom is -0.396 e. The summed E-state index contributed by atoms with van der Waals surface area (Å²) in [6, 6.07) is 1.88. The maximum absolute atomic E-state index is 9.20. The lowest BCUT2D eigenvalue weighted by Gasteiger charge is -2.29. The van der Waals surface area contributed by atoms with Crippen molar-refractivity contribution < 1.29 is 5.11 Å². The molecule has 1 heterocycles. The molecule has 100 valence electrons. The van der Waals surface area contributed by atoms with Crippen LogP contribution in [0.25, 0.3) is 0 Å². The minimum atomic E-state index is 0.238. The summed E-state index contributed by atoms with van der Waals surface area (Å²) in [5.41, 5.74) is 5.67. The Bertz CT molecular complexity index is 428. The van der Waals surface area contributed by atoms with Crippen LogP contribution in [0.3, 0.4) is 0 Å². The number of pyridine rings is 1. The quantitative estimate of drug-likeness (QED) is 0.800. The van der Waals surface area contributed by atoms with Gasteiger partial charge in [0.05, 0.1) is 10.0 Å². The highest BCUT2D eigenvalue weighted by Crippen LogP contribution is 2.31. The summed E-state index contributed by atoms with van der Waals surface area (Å²) in [5, 5.41) is 13.3. The van der Waals surface area contributed by atoms with Crippen molar-refractivity contribution in [2.24, 2.45) is 5.92 Å². The van der Waals surface area contributed by atoms with Crippen LogP contribution in [0.4, 0.5) is 11.6 Å². The van der Waals surface area contributed by atoms with Crippen LogP contribution in [0.2, 0.25) is 10.0 Å². The molecule has 0 amide bonds. The summed E-state index contributed by atoms with van der Waals surface area (Å²) in [4.78, 5) is 4.16. The fourth-order valence-corrected chi connectivity index (χ4v) is 2.78. The molecule has 1 aliphatic carbocycles. The average Bonchev–Trinajstić information content (AvgIpc) is 2.36. The predicted octanol–water partition coefficient (Wildman–Crippen LogP) is 2.93. The molecule has 1 aromatic heterocycles. The molecule has 6 heteroatoms. The molecular weight excluding hydrogens is 273 g/mol. The van der Waals surface area contributed by atoms with E-state index >= 15 is 0 Å². The van der Waals surface area contributed by atoms with E-state index in [1.165, 1.54) is 0 Å². The van der Waals surface area contributed by atoms with Crippen LogP contribution in [0.5, 0.6) is 0 Å². The zero-order valence-corrected chi connectivity index (χ0v) is 11.5. The van der Waals surface area contributed by atoms with E-state index in [1.807, 2.05) is 0 Å². The molecule has 0 radical (unpaired) electrons. The van der Waals surface area contributed by atoms with Crippen LogP contribution in [0.1, 0.15) is 25.7 Å². The van der Waals surface area contributed by atoms with Crippen molar-refractivity contribution in [3.8, 4) is 0 Å². The predicted molar refractivity (Wildman–Crippen MR) is 75.1 cm³/mol. The molecular formula is C12H17Cl2N3O. The first-order chi connectivity index (χ1) is 8.60. The fraction of sp³-hybridized carbons (Fsp3) is 0.583. The third-order valence-electron chi connectivity index (χ3n) is 3.34. The zero-order chi connectivity index (χ0) is 13.1. The van der Waals surface area contributed by atoms with Crippen molar-refractivity contribution in [3.05, 3.63) is 16.1 Å². The van der Waals surface area contributed by atoms with E-state index in [4.69, 9.17) is 28.9 Å². The molecule has 2 rings (SSSR count). The highest BCUT2D eigenvalue weighted by Gasteiger charge is 2.22. The fourth-order valence-electron chi connectivity index (χ4n) is 2.36. The van der Waals surface area contributed by atoms with Gasteiger partial charge in [-0.3, -0.25) is 0 Å². The molecule has 0 aliphatic heterocycles. The monoisotopic (exact) mass is 289 g/mol. The maximum atomic E-state index is 9.20. The van der Waals surface area contributed by atoms with E-state index in [1.54, 1.807) is 6.07 Å². The van der Waals surface area contributed by atoms with Crippen LogP contribution in [-0.2, 0) is 0 Å². The minimum absolute atomic E-state index is 0.238. The largest absolute Gasteiger partial charge is 0.396 e. The SMILES string of the molecule is Nc1nc(NC2CCCC(CO)C2)c(Cl)cc1Cl. The van der Waals surface area contributed by atoms with Crippen molar-refractivity contribution in [1.29, 1.82) is 0 Å².